The van der Waals surface area contributed by atoms with Crippen molar-refractivity contribution in [3.63, 3.8) is 0 Å². The van der Waals surface area contributed by atoms with Gasteiger partial charge in [-0.2, -0.15) is 0 Å². The van der Waals surface area contributed by atoms with E-state index in [0.717, 1.165) is 73.9 Å². The first-order chi connectivity index (χ1) is 16.4. The second-order valence-corrected chi connectivity index (χ2v) is 9.44. The van der Waals surface area contributed by atoms with E-state index in [0.29, 0.717) is 32.1 Å². The Bertz CT molecular complexity index is 970. The molecule has 2 amide bonds. The van der Waals surface area contributed by atoms with E-state index < -0.39 is 5.97 Å². The number of nitrogens with one attached hydrogen (secondary N) is 1. The van der Waals surface area contributed by atoms with Crippen molar-refractivity contribution < 1.29 is 24.2 Å². The fraction of sp³-hybridized carbons (Fsp3) is 0.600. The number of amides is 2. The predicted molar refractivity (Wildman–Crippen MR) is 127 cm³/mol. The van der Waals surface area contributed by atoms with E-state index in [4.69, 9.17) is 4.74 Å². The second-order valence-electron chi connectivity index (χ2n) is 9.44. The Labute approximate surface area is 200 Å². The molecule has 1 aromatic rings. The molecule has 1 saturated carbocycles. The molecule has 0 radical (unpaired) electrons. The van der Waals surface area contributed by atoms with Gasteiger partial charge in [0.1, 0.15) is 18.8 Å². The van der Waals surface area contributed by atoms with Crippen LogP contribution in [0.3, 0.4) is 0 Å². The number of guanidine groups is 1. The van der Waals surface area contributed by atoms with E-state index in [-0.39, 0.29) is 24.4 Å². The van der Waals surface area contributed by atoms with E-state index in [1.807, 2.05) is 24.0 Å². The molecule has 1 saturated heterocycles. The van der Waals surface area contributed by atoms with Crippen molar-refractivity contribution in [2.24, 2.45) is 4.99 Å². The summed E-state index contributed by atoms with van der Waals surface area (Å²) in [7, 11) is 0. The number of fused-ring (bicyclic) bond motifs is 2. The van der Waals surface area contributed by atoms with E-state index in [1.54, 1.807) is 4.90 Å². The summed E-state index contributed by atoms with van der Waals surface area (Å²) >= 11 is 0. The lowest BCUT2D eigenvalue weighted by Gasteiger charge is -2.33. The van der Waals surface area contributed by atoms with Crippen molar-refractivity contribution in [2.45, 2.75) is 77.3 Å². The first-order valence-electron chi connectivity index (χ1n) is 12.3. The number of aliphatic carboxylic acids is 1. The summed E-state index contributed by atoms with van der Waals surface area (Å²) in [5.41, 5.74) is 3.02. The van der Waals surface area contributed by atoms with Crippen molar-refractivity contribution in [2.75, 3.05) is 19.7 Å². The third-order valence-electron chi connectivity index (χ3n) is 6.83. The number of ether oxygens (including phenoxy) is 1. The summed E-state index contributed by atoms with van der Waals surface area (Å²) in [6, 6.07) is 3.98. The van der Waals surface area contributed by atoms with Crippen molar-refractivity contribution in [3.05, 3.63) is 23.3 Å². The van der Waals surface area contributed by atoms with Crippen LogP contribution in [0.5, 0.6) is 5.75 Å². The van der Waals surface area contributed by atoms with Gasteiger partial charge in [0.25, 0.3) is 0 Å². The zero-order valence-corrected chi connectivity index (χ0v) is 19.8. The number of hydrogen-bond donors (Lipinski definition) is 2. The number of carboxylic acids is 1. The number of nitrogens with zero attached hydrogens (tertiary/aromatic N) is 3. The van der Waals surface area contributed by atoms with Crippen LogP contribution in [0.25, 0.3) is 0 Å². The van der Waals surface area contributed by atoms with Crippen molar-refractivity contribution >= 4 is 29.4 Å². The minimum Gasteiger partial charge on any atom is -0.494 e. The van der Waals surface area contributed by atoms with Gasteiger partial charge in [-0.15, -0.1) is 0 Å². The minimum atomic E-state index is -0.944. The number of hydrogen-bond acceptors (Lipinski definition) is 6. The van der Waals surface area contributed by atoms with Crippen LogP contribution in [0.15, 0.2) is 17.1 Å². The van der Waals surface area contributed by atoms with Gasteiger partial charge in [0, 0.05) is 30.6 Å². The van der Waals surface area contributed by atoms with Crippen LogP contribution in [0.1, 0.15) is 68.9 Å². The molecule has 34 heavy (non-hydrogen) atoms. The van der Waals surface area contributed by atoms with Gasteiger partial charge in [-0.3, -0.25) is 19.7 Å². The normalized spacial score (nSPS) is 17.5. The Morgan fingerprint density at radius 1 is 1.18 bits per heavy atom. The lowest BCUT2D eigenvalue weighted by atomic mass is 9.94. The number of rotatable bonds is 10. The molecule has 184 valence electrons. The highest BCUT2D eigenvalue weighted by molar-refractivity contribution is 6.05. The number of aryl methyl sites for hydroxylation is 1. The molecule has 0 atom stereocenters. The molecule has 3 aliphatic rings. The summed E-state index contributed by atoms with van der Waals surface area (Å²) in [6.45, 7) is 3.36. The highest BCUT2D eigenvalue weighted by Crippen LogP contribution is 2.34. The van der Waals surface area contributed by atoms with E-state index in [1.165, 1.54) is 0 Å². The number of unbranched alkanes of at least 4 members (excludes halogenated alkanes) is 2. The van der Waals surface area contributed by atoms with Crippen LogP contribution in [-0.2, 0) is 20.9 Å². The first-order valence-corrected chi connectivity index (χ1v) is 12.3. The van der Waals surface area contributed by atoms with Crippen LogP contribution in [0.4, 0.5) is 5.69 Å². The average Bonchev–Trinajstić information content (AvgIpc) is 3.17. The topological polar surface area (TPSA) is 112 Å². The van der Waals surface area contributed by atoms with Gasteiger partial charge in [-0.05, 0) is 50.7 Å². The van der Waals surface area contributed by atoms with Gasteiger partial charge in [0.15, 0.2) is 0 Å². The molecule has 9 nitrogen and oxygen atoms in total. The van der Waals surface area contributed by atoms with E-state index in [9.17, 15) is 19.5 Å². The third-order valence-corrected chi connectivity index (χ3v) is 6.83. The Morgan fingerprint density at radius 2 is 1.97 bits per heavy atom. The molecule has 2 heterocycles. The molecule has 0 aromatic heterocycles. The van der Waals surface area contributed by atoms with Crippen molar-refractivity contribution in [1.29, 1.82) is 0 Å². The average molecular weight is 471 g/mol. The predicted octanol–water partition coefficient (Wildman–Crippen LogP) is 3.11. The van der Waals surface area contributed by atoms with Gasteiger partial charge in [-0.1, -0.05) is 19.3 Å². The Balaban J connectivity index is 1.22. The number of benzene rings is 1. The van der Waals surface area contributed by atoms with Crippen molar-refractivity contribution in [3.8, 4) is 5.75 Å². The van der Waals surface area contributed by atoms with Gasteiger partial charge in [0.05, 0.1) is 12.3 Å². The zero-order valence-electron chi connectivity index (χ0n) is 19.8. The maximum atomic E-state index is 12.7. The van der Waals surface area contributed by atoms with Gasteiger partial charge in [0.2, 0.25) is 17.8 Å². The summed E-state index contributed by atoms with van der Waals surface area (Å²) in [4.78, 5) is 43.7. The van der Waals surface area contributed by atoms with Gasteiger partial charge in [-0.25, -0.2) is 4.99 Å². The minimum absolute atomic E-state index is 0.0380. The van der Waals surface area contributed by atoms with Crippen molar-refractivity contribution in [1.82, 2.24) is 15.1 Å². The molecule has 1 aliphatic carbocycles. The highest BCUT2D eigenvalue weighted by atomic mass is 16.5. The third kappa shape index (κ3) is 5.87. The monoisotopic (exact) mass is 470 g/mol. The first kappa shape index (κ1) is 24.0. The summed E-state index contributed by atoms with van der Waals surface area (Å²) < 4.78 is 5.94. The fourth-order valence-corrected chi connectivity index (χ4v) is 5.03. The molecule has 0 spiro atoms. The molecule has 0 unspecified atom stereocenters. The lowest BCUT2D eigenvalue weighted by Crippen LogP contribution is -2.44. The number of aliphatic imine (C=N–C) groups is 1. The summed E-state index contributed by atoms with van der Waals surface area (Å²) in [6.07, 6.45) is 7.84. The van der Waals surface area contributed by atoms with Gasteiger partial charge < -0.3 is 19.6 Å². The van der Waals surface area contributed by atoms with Crippen LogP contribution in [0, 0.1) is 6.92 Å². The Hall–Kier alpha value is -3.10. The van der Waals surface area contributed by atoms with Crippen LogP contribution < -0.4 is 10.1 Å². The fourth-order valence-electron chi connectivity index (χ4n) is 5.03. The van der Waals surface area contributed by atoms with Crippen LogP contribution in [-0.4, -0.2) is 64.4 Å². The quantitative estimate of drug-likeness (QED) is 0.508. The summed E-state index contributed by atoms with van der Waals surface area (Å²) in [5, 5.41) is 12.0. The van der Waals surface area contributed by atoms with Crippen LogP contribution in [0.2, 0.25) is 0 Å². The standard InChI is InChI=1S/C25H34N4O5/c1-17-12-19(13-21-20(17)14-28-15-22(30)27-25(28)26-21)34-11-7-3-6-10-23(31)29(16-24(32)33)18-8-4-2-5-9-18/h12-13,18H,2-11,14-16H2,1H3,(H,32,33)(H,26,27,30). The molecule has 1 aromatic carbocycles. The zero-order chi connectivity index (χ0) is 24.1. The lowest BCUT2D eigenvalue weighted by molar-refractivity contribution is -0.146. The number of carbonyl (C=O) groups is 3. The maximum Gasteiger partial charge on any atom is 0.323 e. The molecular weight excluding hydrogens is 436 g/mol. The molecule has 2 fully saturated rings. The maximum absolute atomic E-state index is 12.7. The molecule has 2 aliphatic heterocycles. The van der Waals surface area contributed by atoms with Gasteiger partial charge >= 0.3 is 5.97 Å². The molecular formula is C25H34N4O5. The van der Waals surface area contributed by atoms with E-state index in [2.05, 4.69) is 10.3 Å². The molecule has 0 bridgehead atoms. The van der Waals surface area contributed by atoms with E-state index >= 15 is 0 Å². The Kier molecular flexibility index (Phi) is 7.70. The Morgan fingerprint density at radius 3 is 2.74 bits per heavy atom. The number of carboxylic acid groups (broad SMARTS) is 1. The molecule has 4 rings (SSSR count). The summed E-state index contributed by atoms with van der Waals surface area (Å²) in [5.74, 6) is 0.320. The number of carbonyl (C=O) groups excluding carboxylic acids is 2. The molecule has 2 N–H and O–H groups in total. The van der Waals surface area contributed by atoms with Crippen LogP contribution >= 0.6 is 0 Å². The largest absolute Gasteiger partial charge is 0.494 e. The smallest absolute Gasteiger partial charge is 0.323 e. The highest BCUT2D eigenvalue weighted by Gasteiger charge is 2.30. The molecule has 9 heteroatoms. The second kappa shape index (κ2) is 10.9. The SMILES string of the molecule is Cc1cc(OCCCCCC(=O)N(CC(=O)O)C2CCCCC2)cc2c1CN1CC(=O)NC1=N2.